The molecule has 1 N–H and O–H groups in total. The van der Waals surface area contributed by atoms with E-state index in [1.807, 2.05) is 90.0 Å². The highest BCUT2D eigenvalue weighted by Gasteiger charge is 2.24. The Labute approximate surface area is 244 Å². The molecule has 0 radical (unpaired) electrons. The van der Waals surface area contributed by atoms with E-state index in [1.54, 1.807) is 6.20 Å². The highest BCUT2D eigenvalue weighted by Crippen LogP contribution is 2.24. The number of hydrogen-bond acceptors (Lipinski definition) is 6. The second-order valence-electron chi connectivity index (χ2n) is 10.4. The van der Waals surface area contributed by atoms with Gasteiger partial charge >= 0.3 is 0 Å². The van der Waals surface area contributed by atoms with Crippen LogP contribution in [-0.4, -0.2) is 44.8 Å². The minimum absolute atomic E-state index is 0.0181. The molecule has 1 aliphatic rings. The van der Waals surface area contributed by atoms with Crippen LogP contribution in [-0.2, 0) is 30.8 Å². The Morgan fingerprint density at radius 2 is 1.71 bits per heavy atom. The molecule has 8 heteroatoms. The second kappa shape index (κ2) is 12.2. The fourth-order valence-electron chi connectivity index (χ4n) is 5.04. The van der Waals surface area contributed by atoms with Crippen LogP contribution in [0, 0.1) is 0 Å². The van der Waals surface area contributed by atoms with E-state index in [0.29, 0.717) is 37.6 Å². The Bertz CT molecular complexity index is 1740. The first-order valence-electron chi connectivity index (χ1n) is 14.1. The lowest BCUT2D eigenvalue weighted by Crippen LogP contribution is -2.36. The number of carbonyl (C=O) groups excluding carboxylic acids is 2. The molecule has 2 aromatic heterocycles. The van der Waals surface area contributed by atoms with Gasteiger partial charge in [-0.05, 0) is 65.9 Å². The fourth-order valence-corrected chi connectivity index (χ4v) is 5.04. The number of ether oxygens (including phenoxy) is 1. The van der Waals surface area contributed by atoms with Crippen LogP contribution < -0.4 is 10.1 Å². The van der Waals surface area contributed by atoms with Crippen molar-refractivity contribution < 1.29 is 14.3 Å². The highest BCUT2D eigenvalue weighted by molar-refractivity contribution is 5.94. The Kier molecular flexibility index (Phi) is 7.85. The predicted octanol–water partition coefficient (Wildman–Crippen LogP) is 5.15. The minimum Gasteiger partial charge on any atom is -0.489 e. The number of hydrogen-bond donors (Lipinski definition) is 1. The third kappa shape index (κ3) is 6.28. The van der Waals surface area contributed by atoms with Crippen molar-refractivity contribution in [1.82, 2.24) is 25.2 Å². The van der Waals surface area contributed by atoms with E-state index in [4.69, 9.17) is 9.72 Å². The number of pyridine rings is 1. The summed E-state index contributed by atoms with van der Waals surface area (Å²) < 4.78 is 5.93. The molecule has 8 nitrogen and oxygen atoms in total. The predicted molar refractivity (Wildman–Crippen MR) is 161 cm³/mol. The first kappa shape index (κ1) is 27.1. The van der Waals surface area contributed by atoms with Crippen LogP contribution in [0.3, 0.4) is 0 Å². The molecular formula is C34H31N5O3. The number of carbonyl (C=O) groups is 2. The van der Waals surface area contributed by atoms with E-state index in [9.17, 15) is 9.59 Å². The highest BCUT2D eigenvalue weighted by atomic mass is 16.5. The molecule has 2 amide bonds. The van der Waals surface area contributed by atoms with E-state index >= 15 is 0 Å². The van der Waals surface area contributed by atoms with Crippen molar-refractivity contribution in [3.05, 3.63) is 119 Å². The number of benzene rings is 3. The second-order valence-corrected chi connectivity index (χ2v) is 10.4. The van der Waals surface area contributed by atoms with Gasteiger partial charge in [-0.15, -0.1) is 0 Å². The van der Waals surface area contributed by atoms with Crippen molar-refractivity contribution in [2.24, 2.45) is 0 Å². The molecule has 1 aliphatic heterocycles. The SMILES string of the molecule is CC(=O)NCCc1ccc(OCc2ccc(C(=O)N3CCc4cnc(-c5cnc6ccccc6c5)nc4C3)cc2)cc1. The summed E-state index contributed by atoms with van der Waals surface area (Å²) in [6.45, 7) is 3.60. The first-order chi connectivity index (χ1) is 20.5. The lowest BCUT2D eigenvalue weighted by molar-refractivity contribution is -0.118. The Hall–Kier alpha value is -5.11. The molecule has 0 saturated heterocycles. The van der Waals surface area contributed by atoms with Crippen LogP contribution in [0.25, 0.3) is 22.3 Å². The van der Waals surface area contributed by atoms with E-state index in [-0.39, 0.29) is 11.8 Å². The van der Waals surface area contributed by atoms with Crippen LogP contribution in [0.2, 0.25) is 0 Å². The number of rotatable bonds is 8. The third-order valence-corrected chi connectivity index (χ3v) is 7.40. The summed E-state index contributed by atoms with van der Waals surface area (Å²) >= 11 is 0. The van der Waals surface area contributed by atoms with E-state index in [0.717, 1.165) is 57.4 Å². The number of amides is 2. The zero-order valence-electron chi connectivity index (χ0n) is 23.4. The average Bonchev–Trinajstić information content (AvgIpc) is 3.03. The molecular weight excluding hydrogens is 526 g/mol. The number of para-hydroxylation sites is 1. The third-order valence-electron chi connectivity index (χ3n) is 7.40. The topological polar surface area (TPSA) is 97.3 Å². The molecule has 0 aliphatic carbocycles. The van der Waals surface area contributed by atoms with Gasteiger partial charge in [-0.25, -0.2) is 9.97 Å². The molecule has 5 aromatic rings. The summed E-state index contributed by atoms with van der Waals surface area (Å²) in [6.07, 6.45) is 5.17. The molecule has 3 aromatic carbocycles. The van der Waals surface area contributed by atoms with Gasteiger partial charge in [0, 0.05) is 48.9 Å². The maximum Gasteiger partial charge on any atom is 0.254 e. The van der Waals surface area contributed by atoms with Gasteiger partial charge in [0.25, 0.3) is 5.91 Å². The molecule has 6 rings (SSSR count). The number of fused-ring (bicyclic) bond motifs is 2. The van der Waals surface area contributed by atoms with Crippen molar-refractivity contribution >= 4 is 22.7 Å². The smallest absolute Gasteiger partial charge is 0.254 e. The van der Waals surface area contributed by atoms with Crippen molar-refractivity contribution in [2.75, 3.05) is 13.1 Å². The van der Waals surface area contributed by atoms with Gasteiger partial charge in [0.05, 0.1) is 17.8 Å². The summed E-state index contributed by atoms with van der Waals surface area (Å²) in [7, 11) is 0. The monoisotopic (exact) mass is 557 g/mol. The standard InChI is InChI=1S/C34H31N5O3/c1-23(40)35-16-14-24-8-12-30(13-9-24)42-22-25-6-10-26(11-7-25)34(41)39-17-15-28-19-37-33(38-32(28)21-39)29-18-27-4-2-3-5-31(27)36-20-29/h2-13,18-20H,14-17,21-22H2,1H3,(H,35,40). The molecule has 0 fully saturated rings. The lowest BCUT2D eigenvalue weighted by atomic mass is 10.0. The minimum atomic E-state index is -0.0251. The van der Waals surface area contributed by atoms with Gasteiger partial charge in [-0.1, -0.05) is 42.5 Å². The van der Waals surface area contributed by atoms with Crippen LogP contribution in [0.5, 0.6) is 5.75 Å². The zero-order valence-corrected chi connectivity index (χ0v) is 23.4. The van der Waals surface area contributed by atoms with Crippen LogP contribution in [0.4, 0.5) is 0 Å². The molecule has 0 unspecified atom stereocenters. The van der Waals surface area contributed by atoms with Gasteiger partial charge in [-0.3, -0.25) is 14.6 Å². The maximum atomic E-state index is 13.4. The Morgan fingerprint density at radius 1 is 0.929 bits per heavy atom. The summed E-state index contributed by atoms with van der Waals surface area (Å²) in [4.78, 5) is 40.2. The summed E-state index contributed by atoms with van der Waals surface area (Å²) in [5.41, 5.74) is 6.48. The van der Waals surface area contributed by atoms with Gasteiger partial charge in [0.1, 0.15) is 12.4 Å². The maximum absolute atomic E-state index is 13.4. The summed E-state index contributed by atoms with van der Waals surface area (Å²) in [5, 5.41) is 3.84. The fraction of sp³-hybridized carbons (Fsp3) is 0.206. The quantitative estimate of drug-likeness (QED) is 0.284. The van der Waals surface area contributed by atoms with E-state index in [2.05, 4.69) is 15.3 Å². The molecule has 0 saturated carbocycles. The summed E-state index contributed by atoms with van der Waals surface area (Å²) in [5.74, 6) is 1.34. The van der Waals surface area contributed by atoms with Crippen molar-refractivity contribution in [3.63, 3.8) is 0 Å². The Balaban J connectivity index is 1.06. The van der Waals surface area contributed by atoms with E-state index < -0.39 is 0 Å². The molecule has 0 atom stereocenters. The van der Waals surface area contributed by atoms with Crippen LogP contribution in [0.15, 0.2) is 91.3 Å². The van der Waals surface area contributed by atoms with Gasteiger partial charge in [0.15, 0.2) is 5.82 Å². The molecule has 0 spiro atoms. The largest absolute Gasteiger partial charge is 0.489 e. The van der Waals surface area contributed by atoms with Crippen molar-refractivity contribution in [1.29, 1.82) is 0 Å². The van der Waals surface area contributed by atoms with Gasteiger partial charge in [0.2, 0.25) is 5.91 Å². The summed E-state index contributed by atoms with van der Waals surface area (Å²) in [6, 6.07) is 25.5. The van der Waals surface area contributed by atoms with Gasteiger partial charge < -0.3 is 15.0 Å². The zero-order chi connectivity index (χ0) is 28.9. The molecule has 0 bridgehead atoms. The number of aromatic nitrogens is 3. The van der Waals surface area contributed by atoms with E-state index in [1.165, 1.54) is 6.92 Å². The molecule has 3 heterocycles. The number of nitrogens with one attached hydrogen (secondary N) is 1. The van der Waals surface area contributed by atoms with Crippen LogP contribution in [0.1, 0.15) is 39.7 Å². The van der Waals surface area contributed by atoms with Crippen molar-refractivity contribution in [2.45, 2.75) is 32.9 Å². The normalized spacial score (nSPS) is 12.5. The Morgan fingerprint density at radius 3 is 2.52 bits per heavy atom. The number of nitrogens with zero attached hydrogens (tertiary/aromatic N) is 4. The lowest BCUT2D eigenvalue weighted by Gasteiger charge is -2.28. The molecule has 42 heavy (non-hydrogen) atoms. The molecule has 210 valence electrons. The first-order valence-corrected chi connectivity index (χ1v) is 14.1. The van der Waals surface area contributed by atoms with Gasteiger partial charge in [-0.2, -0.15) is 0 Å². The van der Waals surface area contributed by atoms with Crippen molar-refractivity contribution in [3.8, 4) is 17.1 Å². The van der Waals surface area contributed by atoms with Crippen LogP contribution >= 0.6 is 0 Å². The average molecular weight is 558 g/mol.